The number of carboxylic acids is 1. The molecule has 0 bridgehead atoms. The fourth-order valence-corrected chi connectivity index (χ4v) is 4.79. The number of fused-ring (bicyclic) bond motifs is 2. The van der Waals surface area contributed by atoms with Crippen LogP contribution in [0, 0.1) is 6.92 Å². The molecule has 1 aliphatic rings. The van der Waals surface area contributed by atoms with Gasteiger partial charge in [0, 0.05) is 43.0 Å². The van der Waals surface area contributed by atoms with Crippen molar-refractivity contribution in [2.45, 2.75) is 71.4 Å². The Morgan fingerprint density at radius 3 is 2.83 bits per heavy atom. The number of hydrogen-bond donors (Lipinski definition) is 3. The summed E-state index contributed by atoms with van der Waals surface area (Å²) in [4.78, 5) is 33.6. The van der Waals surface area contributed by atoms with E-state index in [4.69, 9.17) is 10.1 Å². The van der Waals surface area contributed by atoms with E-state index in [1.54, 1.807) is 18.7 Å². The molecule has 3 N–H and O–H groups in total. The van der Waals surface area contributed by atoms with Gasteiger partial charge in [0.2, 0.25) is 0 Å². The number of aliphatic carboxylic acids is 1. The lowest BCUT2D eigenvalue weighted by atomic mass is 9.87. The Morgan fingerprint density at radius 1 is 1.29 bits per heavy atom. The summed E-state index contributed by atoms with van der Waals surface area (Å²) in [6.45, 7) is 6.66. The van der Waals surface area contributed by atoms with Crippen molar-refractivity contribution >= 4 is 23.0 Å². The number of carbonyl (C=O) groups is 1. The van der Waals surface area contributed by atoms with Crippen LogP contribution in [0.2, 0.25) is 0 Å². The molecule has 5 rings (SSSR count). The highest BCUT2D eigenvalue weighted by Gasteiger charge is 2.27. The van der Waals surface area contributed by atoms with Gasteiger partial charge in [0.05, 0.1) is 11.3 Å². The summed E-state index contributed by atoms with van der Waals surface area (Å²) in [5.74, 6) is 1.48. The number of aromatic amines is 1. The van der Waals surface area contributed by atoms with Crippen LogP contribution in [0.15, 0.2) is 18.7 Å². The van der Waals surface area contributed by atoms with E-state index in [0.717, 1.165) is 53.2 Å². The molecule has 0 aromatic carbocycles. The highest BCUT2D eigenvalue weighted by Crippen LogP contribution is 2.32. The summed E-state index contributed by atoms with van der Waals surface area (Å²) in [6, 6.07) is 0.154. The normalized spacial score (nSPS) is 16.3. The van der Waals surface area contributed by atoms with Crippen LogP contribution >= 0.6 is 0 Å². The van der Waals surface area contributed by atoms with E-state index in [-0.39, 0.29) is 18.4 Å². The third kappa shape index (κ3) is 4.45. The monoisotopic (exact) mass is 475 g/mol. The second kappa shape index (κ2) is 9.40. The average molecular weight is 476 g/mol. The first-order valence-corrected chi connectivity index (χ1v) is 12.0. The molecule has 35 heavy (non-hydrogen) atoms. The third-order valence-electron chi connectivity index (χ3n) is 6.66. The zero-order valence-corrected chi connectivity index (χ0v) is 20.1. The summed E-state index contributed by atoms with van der Waals surface area (Å²) in [6.07, 6.45) is 8.42. The van der Waals surface area contributed by atoms with E-state index in [2.05, 4.69) is 42.4 Å². The minimum atomic E-state index is -0.781. The molecule has 11 nitrogen and oxygen atoms in total. The molecule has 11 heteroatoms. The molecular formula is C24H29N9O2. The Hall–Kier alpha value is -3.89. The van der Waals surface area contributed by atoms with Crippen molar-refractivity contribution in [2.24, 2.45) is 0 Å². The molecule has 4 heterocycles. The molecule has 2 atom stereocenters. The van der Waals surface area contributed by atoms with Crippen LogP contribution in [0.1, 0.15) is 61.8 Å². The van der Waals surface area contributed by atoms with Crippen molar-refractivity contribution in [3.05, 3.63) is 41.5 Å². The quantitative estimate of drug-likeness (QED) is 0.349. The number of carboxylic acid groups (broad SMARTS) is 1. The van der Waals surface area contributed by atoms with Crippen molar-refractivity contribution in [3.63, 3.8) is 0 Å². The molecule has 0 spiro atoms. The molecule has 0 radical (unpaired) electrons. The van der Waals surface area contributed by atoms with Gasteiger partial charge in [-0.2, -0.15) is 5.10 Å². The lowest BCUT2D eigenvalue weighted by Crippen LogP contribution is -2.28. The number of anilines is 1. The molecular weight excluding hydrogens is 446 g/mol. The maximum atomic E-state index is 11.0. The van der Waals surface area contributed by atoms with Gasteiger partial charge in [-0.1, -0.05) is 6.92 Å². The van der Waals surface area contributed by atoms with Crippen LogP contribution in [0.3, 0.4) is 0 Å². The van der Waals surface area contributed by atoms with Crippen LogP contribution in [0.4, 0.5) is 5.82 Å². The molecule has 2 unspecified atom stereocenters. The number of aryl methyl sites for hydroxylation is 3. The van der Waals surface area contributed by atoms with Crippen LogP contribution < -0.4 is 5.32 Å². The van der Waals surface area contributed by atoms with Crippen LogP contribution in [0.25, 0.3) is 22.6 Å². The van der Waals surface area contributed by atoms with E-state index in [9.17, 15) is 4.79 Å². The van der Waals surface area contributed by atoms with Gasteiger partial charge in [-0.05, 0) is 45.1 Å². The molecule has 0 saturated heterocycles. The van der Waals surface area contributed by atoms with E-state index in [1.165, 1.54) is 5.56 Å². The maximum Gasteiger partial charge on any atom is 0.303 e. The van der Waals surface area contributed by atoms with E-state index in [0.29, 0.717) is 24.6 Å². The predicted molar refractivity (Wildman–Crippen MR) is 130 cm³/mol. The van der Waals surface area contributed by atoms with Crippen molar-refractivity contribution in [2.75, 3.05) is 5.32 Å². The van der Waals surface area contributed by atoms with Gasteiger partial charge in [-0.25, -0.2) is 24.9 Å². The largest absolute Gasteiger partial charge is 0.481 e. The highest BCUT2D eigenvalue weighted by molar-refractivity contribution is 5.86. The first kappa shape index (κ1) is 22.9. The number of imidazole rings is 1. The number of H-pyrrole nitrogens is 1. The van der Waals surface area contributed by atoms with Crippen molar-refractivity contribution in [1.82, 2.24) is 39.7 Å². The summed E-state index contributed by atoms with van der Waals surface area (Å²) >= 11 is 0. The van der Waals surface area contributed by atoms with E-state index < -0.39 is 5.97 Å². The number of nitrogens with zero attached hydrogens (tertiary/aromatic N) is 7. The van der Waals surface area contributed by atoms with Crippen LogP contribution in [0.5, 0.6) is 0 Å². The molecule has 0 aliphatic heterocycles. The summed E-state index contributed by atoms with van der Waals surface area (Å²) in [5, 5.41) is 20.4. The lowest BCUT2D eigenvalue weighted by Gasteiger charge is -2.25. The predicted octanol–water partition coefficient (Wildman–Crippen LogP) is 3.27. The third-order valence-corrected chi connectivity index (χ3v) is 6.66. The zero-order chi connectivity index (χ0) is 24.5. The fraction of sp³-hybridized carbons (Fsp3) is 0.458. The van der Waals surface area contributed by atoms with Crippen LogP contribution in [-0.4, -0.2) is 56.8 Å². The second-order valence-electron chi connectivity index (χ2n) is 9.08. The Labute approximate surface area is 202 Å². The number of rotatable bonds is 8. The smallest absolute Gasteiger partial charge is 0.303 e. The van der Waals surface area contributed by atoms with Gasteiger partial charge < -0.3 is 15.0 Å². The molecule has 4 aromatic heterocycles. The Kier molecular flexibility index (Phi) is 6.14. The Balaban J connectivity index is 1.42. The van der Waals surface area contributed by atoms with Crippen molar-refractivity contribution in [1.29, 1.82) is 0 Å². The van der Waals surface area contributed by atoms with Gasteiger partial charge in [-0.3, -0.25) is 9.89 Å². The van der Waals surface area contributed by atoms with Gasteiger partial charge in [0.1, 0.15) is 18.0 Å². The van der Waals surface area contributed by atoms with Gasteiger partial charge in [0.15, 0.2) is 17.0 Å². The number of nitrogens with one attached hydrogen (secondary N) is 2. The Bertz CT molecular complexity index is 1360. The molecule has 0 saturated carbocycles. The fourth-order valence-electron chi connectivity index (χ4n) is 4.79. The summed E-state index contributed by atoms with van der Waals surface area (Å²) in [7, 11) is 0. The van der Waals surface area contributed by atoms with Gasteiger partial charge >= 0.3 is 5.97 Å². The van der Waals surface area contributed by atoms with Gasteiger partial charge in [-0.15, -0.1) is 0 Å². The summed E-state index contributed by atoms with van der Waals surface area (Å²) in [5.41, 5.74) is 5.62. The first-order valence-electron chi connectivity index (χ1n) is 12.0. The first-order chi connectivity index (χ1) is 16.9. The standard InChI is InChI=1S/C24H29N9O2/c1-4-33-23(15-10-25-14(3)26-11-15)30-21-22(27-12-28-24(21)33)29-16-6-7-18-17(9-16)20(32-31-18)13(2)5-8-19(34)35/h10-13,16H,4-9H2,1-3H3,(H,31,32)(H,34,35)(H,27,28,29). The minimum absolute atomic E-state index is 0.0788. The summed E-state index contributed by atoms with van der Waals surface area (Å²) < 4.78 is 2.05. The average Bonchev–Trinajstić information content (AvgIpc) is 3.45. The van der Waals surface area contributed by atoms with Crippen LogP contribution in [-0.2, 0) is 24.2 Å². The molecule has 0 fully saturated rings. The second-order valence-corrected chi connectivity index (χ2v) is 9.08. The van der Waals surface area contributed by atoms with Gasteiger partial charge in [0.25, 0.3) is 0 Å². The molecule has 1 aliphatic carbocycles. The number of hydrogen-bond acceptors (Lipinski definition) is 8. The maximum absolute atomic E-state index is 11.0. The van der Waals surface area contributed by atoms with Crippen molar-refractivity contribution < 1.29 is 9.90 Å². The van der Waals surface area contributed by atoms with Crippen molar-refractivity contribution in [3.8, 4) is 11.4 Å². The van der Waals surface area contributed by atoms with E-state index >= 15 is 0 Å². The highest BCUT2D eigenvalue weighted by atomic mass is 16.4. The lowest BCUT2D eigenvalue weighted by molar-refractivity contribution is -0.137. The molecule has 0 amide bonds. The Morgan fingerprint density at radius 2 is 2.09 bits per heavy atom. The van der Waals surface area contributed by atoms with E-state index in [1.807, 2.05) is 18.4 Å². The molecule has 4 aromatic rings. The zero-order valence-electron chi connectivity index (χ0n) is 20.1. The SMILES string of the molecule is CCn1c(-c2cnc(C)nc2)nc2c(NC3CCc4[nH]nc(C(C)CCC(=O)O)c4C3)ncnc21. The molecule has 182 valence electrons. The topological polar surface area (TPSA) is 147 Å². The number of aromatic nitrogens is 8. The minimum Gasteiger partial charge on any atom is -0.481 e.